The van der Waals surface area contributed by atoms with Crippen LogP contribution in [0.2, 0.25) is 0 Å². The molecule has 12 heteroatoms. The fourth-order valence-corrected chi connectivity index (χ4v) is 3.71. The predicted molar refractivity (Wildman–Crippen MR) is 130 cm³/mol. The first-order chi connectivity index (χ1) is 16.2. The van der Waals surface area contributed by atoms with Gasteiger partial charge in [-0.1, -0.05) is 25.9 Å². The van der Waals surface area contributed by atoms with Gasteiger partial charge in [0.05, 0.1) is 24.2 Å². The van der Waals surface area contributed by atoms with E-state index in [1.54, 1.807) is 27.7 Å². The fourth-order valence-electron chi connectivity index (χ4n) is 2.58. The summed E-state index contributed by atoms with van der Waals surface area (Å²) in [7, 11) is -1.96. The maximum Gasteiger partial charge on any atom is 0.336 e. The van der Waals surface area contributed by atoms with Crippen molar-refractivity contribution >= 4 is 32.2 Å². The first-order valence-electron chi connectivity index (χ1n) is 11.8. The van der Waals surface area contributed by atoms with E-state index in [1.807, 2.05) is 27.7 Å². The maximum atomic E-state index is 12.9. The van der Waals surface area contributed by atoms with Crippen molar-refractivity contribution in [2.75, 3.05) is 26.6 Å². The van der Waals surface area contributed by atoms with Gasteiger partial charge in [-0.2, -0.15) is 0 Å². The van der Waals surface area contributed by atoms with E-state index in [1.165, 1.54) is 0 Å². The number of oxime groups is 1. The van der Waals surface area contributed by atoms with Gasteiger partial charge in [-0.05, 0) is 52.9 Å². The van der Waals surface area contributed by atoms with Gasteiger partial charge in [-0.3, -0.25) is 23.4 Å². The summed E-state index contributed by atoms with van der Waals surface area (Å²) < 4.78 is 27.1. The minimum Gasteiger partial charge on any atom is -0.459 e. The Kier molecular flexibility index (Phi) is 13.1. The van der Waals surface area contributed by atoms with Crippen molar-refractivity contribution in [1.82, 2.24) is 5.32 Å². The predicted octanol–water partition coefficient (Wildman–Crippen LogP) is 3.85. The normalized spacial score (nSPS) is 18.1. The standard InChI is InChI=1S/C23H41N2O9P/c1-9-31-35(32-15-30-21(28)23(6,7)8)34-19(22(3,4)5)20(27)24-13-12-18(26)29-14-17-11-10-16(2)33-25-17/h16,19H,9-15H2,1-8H3,(H,24,27). The van der Waals surface area contributed by atoms with Crippen LogP contribution in [0.25, 0.3) is 0 Å². The van der Waals surface area contributed by atoms with Crippen LogP contribution in [0, 0.1) is 10.8 Å². The lowest BCUT2D eigenvalue weighted by molar-refractivity contribution is -0.160. The molecule has 11 nitrogen and oxygen atoms in total. The summed E-state index contributed by atoms with van der Waals surface area (Å²) >= 11 is 0. The Morgan fingerprint density at radius 1 is 1.14 bits per heavy atom. The second kappa shape index (κ2) is 14.7. The number of nitrogens with one attached hydrogen (secondary N) is 1. The molecule has 0 saturated carbocycles. The molecule has 0 bridgehead atoms. The highest BCUT2D eigenvalue weighted by Gasteiger charge is 2.36. The Balaban J connectivity index is 2.54. The number of carbonyl (C=O) groups excluding carboxylic acids is 3. The molecule has 0 aromatic heterocycles. The van der Waals surface area contributed by atoms with Crippen molar-refractivity contribution in [3.63, 3.8) is 0 Å². The zero-order valence-corrected chi connectivity index (χ0v) is 23.1. The fraction of sp³-hybridized carbons (Fsp3) is 0.826. The highest BCUT2D eigenvalue weighted by Crippen LogP contribution is 2.44. The maximum absolute atomic E-state index is 12.9. The number of carbonyl (C=O) groups is 3. The van der Waals surface area contributed by atoms with Crippen LogP contribution in [0.4, 0.5) is 0 Å². The van der Waals surface area contributed by atoms with Gasteiger partial charge in [0.15, 0.2) is 0 Å². The number of amides is 1. The van der Waals surface area contributed by atoms with Crippen molar-refractivity contribution in [3.8, 4) is 0 Å². The summed E-state index contributed by atoms with van der Waals surface area (Å²) in [5, 5.41) is 6.63. The molecule has 0 spiro atoms. The van der Waals surface area contributed by atoms with Gasteiger partial charge in [0.2, 0.25) is 12.7 Å². The molecule has 3 atom stereocenters. The zero-order valence-electron chi connectivity index (χ0n) is 22.2. The van der Waals surface area contributed by atoms with E-state index in [2.05, 4.69) is 10.5 Å². The molecule has 0 aromatic rings. The summed E-state index contributed by atoms with van der Waals surface area (Å²) in [5.74, 6) is -1.31. The molecule has 1 amide bonds. The van der Waals surface area contributed by atoms with Gasteiger partial charge in [-0.25, -0.2) is 0 Å². The number of esters is 2. The van der Waals surface area contributed by atoms with Crippen molar-refractivity contribution in [2.45, 2.75) is 86.9 Å². The molecule has 0 aromatic carbocycles. The SMILES string of the molecule is CCOP(OCOC(=O)C(C)(C)C)OC(C(=O)NCCC(=O)OCC1=NOC(C)CC1)C(C)(C)C. The van der Waals surface area contributed by atoms with Crippen molar-refractivity contribution in [1.29, 1.82) is 0 Å². The van der Waals surface area contributed by atoms with Crippen LogP contribution in [-0.4, -0.2) is 62.3 Å². The topological polar surface area (TPSA) is 131 Å². The van der Waals surface area contributed by atoms with E-state index in [0.717, 1.165) is 12.8 Å². The number of nitrogens with zero attached hydrogens (tertiary/aromatic N) is 1. The van der Waals surface area contributed by atoms with Gasteiger partial charge in [0.1, 0.15) is 18.8 Å². The Labute approximate surface area is 209 Å². The van der Waals surface area contributed by atoms with Crippen molar-refractivity contribution < 1.29 is 42.3 Å². The molecule has 1 aliphatic heterocycles. The molecule has 1 N–H and O–H groups in total. The van der Waals surface area contributed by atoms with E-state index >= 15 is 0 Å². The quantitative estimate of drug-likeness (QED) is 0.218. The second-order valence-corrected chi connectivity index (χ2v) is 11.4. The molecule has 0 radical (unpaired) electrons. The lowest BCUT2D eigenvalue weighted by Gasteiger charge is -2.31. The molecule has 1 rings (SSSR count). The molecular weight excluding hydrogens is 479 g/mol. The van der Waals surface area contributed by atoms with Crippen LogP contribution >= 0.6 is 8.60 Å². The highest BCUT2D eigenvalue weighted by atomic mass is 31.2. The Morgan fingerprint density at radius 2 is 1.83 bits per heavy atom. The number of ether oxygens (including phenoxy) is 2. The average molecular weight is 521 g/mol. The summed E-state index contributed by atoms with van der Waals surface area (Å²) in [4.78, 5) is 42.0. The smallest absolute Gasteiger partial charge is 0.336 e. The molecule has 35 heavy (non-hydrogen) atoms. The van der Waals surface area contributed by atoms with Crippen LogP contribution in [0.1, 0.15) is 74.7 Å². The largest absolute Gasteiger partial charge is 0.459 e. The van der Waals surface area contributed by atoms with Gasteiger partial charge in [-0.15, -0.1) is 0 Å². The van der Waals surface area contributed by atoms with Crippen LogP contribution in [0.15, 0.2) is 5.16 Å². The van der Waals surface area contributed by atoms with Gasteiger partial charge in [0, 0.05) is 6.54 Å². The third-order valence-electron chi connectivity index (χ3n) is 4.64. The first kappa shape index (κ1) is 31.2. The van der Waals surface area contributed by atoms with Crippen molar-refractivity contribution in [2.24, 2.45) is 16.0 Å². The summed E-state index contributed by atoms with van der Waals surface area (Å²) in [6.45, 7) is 14.4. The lowest BCUT2D eigenvalue weighted by atomic mass is 9.88. The van der Waals surface area contributed by atoms with E-state index in [0.29, 0.717) is 5.71 Å². The van der Waals surface area contributed by atoms with Crippen LogP contribution < -0.4 is 5.32 Å². The zero-order chi connectivity index (χ0) is 26.6. The molecule has 0 saturated heterocycles. The molecule has 1 heterocycles. The monoisotopic (exact) mass is 520 g/mol. The number of hydrogen-bond donors (Lipinski definition) is 1. The van der Waals surface area contributed by atoms with Gasteiger partial charge >= 0.3 is 20.5 Å². The third kappa shape index (κ3) is 12.6. The molecule has 0 aliphatic carbocycles. The van der Waals surface area contributed by atoms with E-state index < -0.39 is 43.4 Å². The molecule has 3 unspecified atom stereocenters. The van der Waals surface area contributed by atoms with Crippen LogP contribution in [-0.2, 0) is 42.3 Å². The van der Waals surface area contributed by atoms with Crippen molar-refractivity contribution in [3.05, 3.63) is 0 Å². The highest BCUT2D eigenvalue weighted by molar-refractivity contribution is 7.41. The Bertz CT molecular complexity index is 731. The third-order valence-corrected chi connectivity index (χ3v) is 5.81. The Hall–Kier alpha value is -1.81. The second-order valence-electron chi connectivity index (χ2n) is 10.2. The summed E-state index contributed by atoms with van der Waals surface area (Å²) in [6, 6.07) is 0. The molecule has 202 valence electrons. The van der Waals surface area contributed by atoms with Gasteiger partial charge < -0.3 is 24.2 Å². The van der Waals surface area contributed by atoms with Crippen LogP contribution in [0.3, 0.4) is 0 Å². The molecule has 0 fully saturated rings. The van der Waals surface area contributed by atoms with E-state index in [4.69, 9.17) is 27.9 Å². The van der Waals surface area contributed by atoms with E-state index in [-0.39, 0.29) is 39.1 Å². The Morgan fingerprint density at radius 3 is 2.37 bits per heavy atom. The minimum atomic E-state index is -1.96. The number of rotatable bonds is 13. The van der Waals surface area contributed by atoms with E-state index in [9.17, 15) is 14.4 Å². The first-order valence-corrected chi connectivity index (χ1v) is 12.9. The average Bonchev–Trinajstić information content (AvgIpc) is 2.75. The molecular formula is C23H41N2O9P. The molecule has 1 aliphatic rings. The minimum absolute atomic E-state index is 0.00732. The van der Waals surface area contributed by atoms with Gasteiger partial charge in [0.25, 0.3) is 0 Å². The lowest BCUT2D eigenvalue weighted by Crippen LogP contribution is -2.44. The summed E-state index contributed by atoms with van der Waals surface area (Å²) in [5.41, 5.74) is -0.604. The summed E-state index contributed by atoms with van der Waals surface area (Å²) in [6.07, 6.45) is 0.664. The number of hydrogen-bond acceptors (Lipinski definition) is 10. The van der Waals surface area contributed by atoms with Crippen LogP contribution in [0.5, 0.6) is 0 Å².